The Hall–Kier alpha value is -3.99. The number of carbonyl (C=O) groups excluding carboxylic acids is 2. The van der Waals surface area contributed by atoms with Crippen molar-refractivity contribution in [2.24, 2.45) is 29.2 Å². The first-order valence-corrected chi connectivity index (χ1v) is 21.4. The third-order valence-electron chi connectivity index (χ3n) is 11.2. The van der Waals surface area contributed by atoms with Crippen molar-refractivity contribution in [1.82, 2.24) is 15.1 Å². The number of ether oxygens (including phenoxy) is 6. The molecule has 2 amide bonds. The SMILES string of the molecule is COCCOCCO[C@H]1/C=C/[C@H](OC)[C@@H]2CC[C@H]2CN2Cc3ccc(Cl)cc3CCCCOc3ccc(cc32)C(=O)N=[S-](=O)C(NC(=O)c2cn(C)nc2OC)[C@H]1C. The number of hydrogen-bond acceptors (Lipinski definition) is 12. The third kappa shape index (κ3) is 10.8. The highest BCUT2D eigenvalue weighted by molar-refractivity contribution is 7.75. The van der Waals surface area contributed by atoms with E-state index in [1.54, 1.807) is 46.4 Å². The van der Waals surface area contributed by atoms with Crippen molar-refractivity contribution in [3.8, 4) is 11.6 Å². The smallest absolute Gasteiger partial charge is 0.257 e. The minimum absolute atomic E-state index is 0.0963. The standard InChI is InChI=1S/C42H55ClN5O9S/c1-27-36(57-21-20-55-19-18-52-3)15-16-37(53-4)33-13-10-31(33)25-48-24-30-9-12-32(43)22-28(30)8-6-7-17-56-38-14-11-29(23-35(38)48)39(49)46-58(51)42(27)44-40(50)34-26-47(2)45-41(34)54-5/h9,11-12,14-16,22-23,26-27,31,33,36-37,42H,6-8,10,13,17-21,24-25H2,1-5H3,(H,44,50)/q-1/b16-15+/t27-,31-,33+,36-,37-,42?/m0/s1. The number of halogens is 1. The molecule has 58 heavy (non-hydrogen) atoms. The van der Waals surface area contributed by atoms with E-state index in [1.165, 1.54) is 23.6 Å². The summed E-state index contributed by atoms with van der Waals surface area (Å²) in [6, 6.07) is 11.3. The summed E-state index contributed by atoms with van der Waals surface area (Å²) in [5.74, 6) is -0.766. The lowest BCUT2D eigenvalue weighted by Gasteiger charge is -2.44. The van der Waals surface area contributed by atoms with E-state index >= 15 is 0 Å². The quantitative estimate of drug-likeness (QED) is 0.135. The van der Waals surface area contributed by atoms with Gasteiger partial charge in [0.05, 0.1) is 58.0 Å². The molecule has 1 aliphatic carbocycles. The zero-order valence-corrected chi connectivity index (χ0v) is 35.5. The van der Waals surface area contributed by atoms with Gasteiger partial charge in [-0.2, -0.15) is 10.6 Å². The van der Waals surface area contributed by atoms with E-state index in [1.807, 2.05) is 24.3 Å². The van der Waals surface area contributed by atoms with Gasteiger partial charge >= 0.3 is 0 Å². The van der Waals surface area contributed by atoms with Crippen LogP contribution in [0.3, 0.4) is 0 Å². The minimum atomic E-state index is -2.28. The molecule has 6 rings (SSSR count). The molecule has 1 N–H and O–H groups in total. The van der Waals surface area contributed by atoms with Crippen LogP contribution in [0.1, 0.15) is 64.4 Å². The number of fused-ring (bicyclic) bond motifs is 3. The molecule has 16 heteroatoms. The predicted octanol–water partition coefficient (Wildman–Crippen LogP) is 6.14. The van der Waals surface area contributed by atoms with Crippen LogP contribution < -0.4 is 19.7 Å². The number of nitrogens with one attached hydrogen (secondary N) is 1. The van der Waals surface area contributed by atoms with Gasteiger partial charge in [-0.25, -0.2) is 0 Å². The fourth-order valence-electron chi connectivity index (χ4n) is 7.79. The summed E-state index contributed by atoms with van der Waals surface area (Å²) in [6.45, 7) is 4.86. The normalized spacial score (nSPS) is 24.9. The fraction of sp³-hybridized carbons (Fsp3) is 0.548. The molecule has 2 bridgehead atoms. The molecule has 2 aromatic carbocycles. The summed E-state index contributed by atoms with van der Waals surface area (Å²) in [5, 5.41) is 6.61. The molecule has 3 aliphatic rings. The Morgan fingerprint density at radius 2 is 1.83 bits per heavy atom. The lowest BCUT2D eigenvalue weighted by Crippen LogP contribution is -2.45. The number of anilines is 1. The van der Waals surface area contributed by atoms with Crippen molar-refractivity contribution in [1.29, 1.82) is 0 Å². The largest absolute Gasteiger partial charge is 0.491 e. The first-order valence-electron chi connectivity index (χ1n) is 19.8. The van der Waals surface area contributed by atoms with E-state index in [0.29, 0.717) is 43.7 Å². The Balaban J connectivity index is 1.43. The molecular weight excluding hydrogens is 786 g/mol. The fourth-order valence-corrected chi connectivity index (χ4v) is 9.09. The summed E-state index contributed by atoms with van der Waals surface area (Å²) in [6.07, 6.45) is 9.06. The Morgan fingerprint density at radius 1 is 1.02 bits per heavy atom. The van der Waals surface area contributed by atoms with Crippen molar-refractivity contribution < 1.29 is 42.2 Å². The average molecular weight is 841 g/mol. The summed E-state index contributed by atoms with van der Waals surface area (Å²) in [4.78, 5) is 30.2. The van der Waals surface area contributed by atoms with Crippen LogP contribution in [-0.4, -0.2) is 100 Å². The van der Waals surface area contributed by atoms with Crippen LogP contribution >= 0.6 is 11.6 Å². The number of rotatable bonds is 11. The predicted molar refractivity (Wildman–Crippen MR) is 221 cm³/mol. The maximum atomic E-state index is 14.4. The molecule has 316 valence electrons. The van der Waals surface area contributed by atoms with Crippen LogP contribution in [0.4, 0.5) is 5.69 Å². The highest BCUT2D eigenvalue weighted by Gasteiger charge is 2.38. The highest BCUT2D eigenvalue weighted by atomic mass is 35.5. The van der Waals surface area contributed by atoms with E-state index in [4.69, 9.17) is 40.0 Å². The molecule has 3 heterocycles. The minimum Gasteiger partial charge on any atom is -0.491 e. The Kier molecular flexibility index (Phi) is 15.6. The van der Waals surface area contributed by atoms with Crippen LogP contribution in [0.25, 0.3) is 0 Å². The van der Waals surface area contributed by atoms with Gasteiger partial charge in [-0.1, -0.05) is 36.7 Å². The number of benzene rings is 2. The summed E-state index contributed by atoms with van der Waals surface area (Å²) in [5.41, 5.74) is 3.46. The van der Waals surface area contributed by atoms with Crippen molar-refractivity contribution in [3.05, 3.63) is 82.0 Å². The van der Waals surface area contributed by atoms with E-state index < -0.39 is 39.8 Å². The highest BCUT2D eigenvalue weighted by Crippen LogP contribution is 2.42. The topological polar surface area (TPSA) is 152 Å². The number of nitrogens with zero attached hydrogens (tertiary/aromatic N) is 4. The van der Waals surface area contributed by atoms with Gasteiger partial charge in [0.1, 0.15) is 11.3 Å². The number of aryl methyl sites for hydroxylation is 2. The first-order chi connectivity index (χ1) is 28.1. The number of carbonyl (C=O) groups is 2. The second-order valence-electron chi connectivity index (χ2n) is 15.0. The van der Waals surface area contributed by atoms with E-state index in [-0.39, 0.29) is 48.2 Å². The molecule has 1 aromatic heterocycles. The maximum Gasteiger partial charge on any atom is 0.257 e. The molecule has 3 aromatic rings. The Labute approximate surface area is 347 Å². The molecule has 0 saturated heterocycles. The van der Waals surface area contributed by atoms with E-state index in [9.17, 15) is 13.8 Å². The second kappa shape index (κ2) is 20.8. The van der Waals surface area contributed by atoms with Crippen LogP contribution in [0.15, 0.2) is 59.1 Å². The number of aromatic nitrogens is 2. The molecule has 1 fully saturated rings. The van der Waals surface area contributed by atoms with Gasteiger partial charge in [0, 0.05) is 51.1 Å². The van der Waals surface area contributed by atoms with E-state index in [0.717, 1.165) is 43.4 Å². The maximum absolute atomic E-state index is 14.4. The van der Waals surface area contributed by atoms with Crippen LogP contribution in [-0.2, 0) is 53.8 Å². The summed E-state index contributed by atoms with van der Waals surface area (Å²) >= 11 is 6.50. The molecule has 6 atom stereocenters. The number of hydrogen-bond donors (Lipinski definition) is 1. The lowest BCUT2D eigenvalue weighted by molar-refractivity contribution is -0.0106. The van der Waals surface area contributed by atoms with E-state index in [2.05, 4.69) is 25.7 Å². The van der Waals surface area contributed by atoms with Crippen LogP contribution in [0.5, 0.6) is 11.6 Å². The molecule has 0 spiro atoms. The number of amides is 2. The van der Waals surface area contributed by atoms with Crippen molar-refractivity contribution >= 4 is 39.7 Å². The molecule has 14 nitrogen and oxygen atoms in total. The van der Waals surface area contributed by atoms with Crippen molar-refractivity contribution in [3.63, 3.8) is 0 Å². The van der Waals surface area contributed by atoms with Gasteiger partial charge in [-0.3, -0.25) is 14.3 Å². The first kappa shape index (κ1) is 43.6. The zero-order valence-electron chi connectivity index (χ0n) is 33.9. The van der Waals surface area contributed by atoms with Gasteiger partial charge in [0.2, 0.25) is 5.88 Å². The Morgan fingerprint density at radius 3 is 2.59 bits per heavy atom. The van der Waals surface area contributed by atoms with Gasteiger partial charge in [-0.05, 0) is 96.7 Å². The monoisotopic (exact) mass is 840 g/mol. The molecule has 1 unspecified atom stereocenters. The molecular formula is C42H55ClN5O9S-. The Bertz CT molecular complexity index is 2000. The zero-order chi connectivity index (χ0) is 41.2. The van der Waals surface area contributed by atoms with Gasteiger partial charge in [-0.15, -0.1) is 5.10 Å². The van der Waals surface area contributed by atoms with Crippen LogP contribution in [0.2, 0.25) is 5.02 Å². The van der Waals surface area contributed by atoms with Crippen LogP contribution in [0, 0.1) is 17.8 Å². The molecule has 0 radical (unpaired) electrons. The third-order valence-corrected chi connectivity index (χ3v) is 12.7. The summed E-state index contributed by atoms with van der Waals surface area (Å²) in [7, 11) is 4.10. The second-order valence-corrected chi connectivity index (χ2v) is 16.6. The summed E-state index contributed by atoms with van der Waals surface area (Å²) < 4.78 is 55.2. The molecule has 1 saturated carbocycles. The van der Waals surface area contributed by atoms with Crippen molar-refractivity contribution in [2.45, 2.75) is 63.2 Å². The van der Waals surface area contributed by atoms with Gasteiger partial charge in [0.15, 0.2) is 0 Å². The molecule has 2 aliphatic heterocycles. The van der Waals surface area contributed by atoms with Crippen molar-refractivity contribution in [2.75, 3.05) is 65.8 Å². The van der Waals surface area contributed by atoms with Gasteiger partial charge < -0.3 is 47.2 Å². The number of methoxy groups -OCH3 is 3. The average Bonchev–Trinajstić information content (AvgIpc) is 3.59. The lowest BCUT2D eigenvalue weighted by atomic mass is 9.70. The van der Waals surface area contributed by atoms with Gasteiger partial charge in [0.25, 0.3) is 11.8 Å².